The van der Waals surface area contributed by atoms with Crippen LogP contribution in [0.25, 0.3) is 0 Å². The average Bonchev–Trinajstić information content (AvgIpc) is 2.88. The highest BCUT2D eigenvalue weighted by molar-refractivity contribution is 6.04. The number of hydrogen-bond acceptors (Lipinski definition) is 7. The second kappa shape index (κ2) is 11.7. The number of aromatic nitrogens is 2. The summed E-state index contributed by atoms with van der Waals surface area (Å²) in [5, 5.41) is 2.75. The fourth-order valence-corrected chi connectivity index (χ4v) is 4.02. The lowest BCUT2D eigenvalue weighted by Gasteiger charge is -2.36. The quantitative estimate of drug-likeness (QED) is 0.711. The van der Waals surface area contributed by atoms with Gasteiger partial charge in [-0.2, -0.15) is 0 Å². The Bertz CT molecular complexity index is 1050. The first kappa shape index (κ1) is 26.1. The van der Waals surface area contributed by atoms with Crippen molar-refractivity contribution in [2.24, 2.45) is 5.92 Å². The number of methoxy groups -OCH3 is 1. The standard InChI is InChI=1S/C25H33N5O5/c1-6-23(31)30-13-16(2)22(34-5)14-29(4)25(33)19-11-18(7-8-21(19)35-15-17(30)3)28-24(32)20-12-26-9-10-27-20/h7-12,16-17,22H,6,13-15H2,1-5H3,(H,28,32)/t16-,17-,22+/m1/s1. The van der Waals surface area contributed by atoms with Crippen molar-refractivity contribution in [3.63, 3.8) is 0 Å². The molecule has 3 rings (SSSR count). The molecule has 0 unspecified atom stereocenters. The van der Waals surface area contributed by atoms with Gasteiger partial charge in [-0.15, -0.1) is 0 Å². The molecule has 0 aliphatic carbocycles. The number of ether oxygens (including phenoxy) is 2. The Morgan fingerprint density at radius 3 is 2.66 bits per heavy atom. The Kier molecular flexibility index (Phi) is 8.75. The van der Waals surface area contributed by atoms with Gasteiger partial charge >= 0.3 is 0 Å². The SMILES string of the molecule is CCC(=O)N1C[C@@H](C)[C@@H](OC)CN(C)C(=O)c2cc(NC(=O)c3cnccn3)ccc2OC[C@H]1C. The summed E-state index contributed by atoms with van der Waals surface area (Å²) in [5.41, 5.74) is 0.879. The number of likely N-dealkylation sites (N-methyl/N-ethyl adjacent to an activating group) is 1. The van der Waals surface area contributed by atoms with Gasteiger partial charge in [0.1, 0.15) is 18.1 Å². The molecule has 3 amide bonds. The van der Waals surface area contributed by atoms with Crippen molar-refractivity contribution < 1.29 is 23.9 Å². The highest BCUT2D eigenvalue weighted by Crippen LogP contribution is 2.27. The van der Waals surface area contributed by atoms with E-state index in [9.17, 15) is 14.4 Å². The lowest BCUT2D eigenvalue weighted by atomic mass is 10.0. The maximum absolute atomic E-state index is 13.4. The number of hydrogen-bond donors (Lipinski definition) is 1. The number of amides is 3. The van der Waals surface area contributed by atoms with E-state index in [4.69, 9.17) is 9.47 Å². The third-order valence-corrected chi connectivity index (χ3v) is 6.12. The van der Waals surface area contributed by atoms with E-state index < -0.39 is 5.91 Å². The van der Waals surface area contributed by atoms with Gasteiger partial charge in [0.2, 0.25) is 5.91 Å². The number of carbonyl (C=O) groups excluding carboxylic acids is 3. The molecular weight excluding hydrogens is 450 g/mol. The van der Waals surface area contributed by atoms with Crippen LogP contribution in [0.3, 0.4) is 0 Å². The largest absolute Gasteiger partial charge is 0.491 e. The number of anilines is 1. The maximum Gasteiger partial charge on any atom is 0.275 e. The first-order valence-corrected chi connectivity index (χ1v) is 11.7. The first-order chi connectivity index (χ1) is 16.7. The Labute approximate surface area is 205 Å². The molecule has 35 heavy (non-hydrogen) atoms. The van der Waals surface area contributed by atoms with Gasteiger partial charge in [0.05, 0.1) is 23.9 Å². The zero-order chi connectivity index (χ0) is 25.5. The zero-order valence-corrected chi connectivity index (χ0v) is 20.9. The molecule has 0 saturated carbocycles. The second-order valence-electron chi connectivity index (χ2n) is 8.75. The van der Waals surface area contributed by atoms with Crippen molar-refractivity contribution in [2.75, 3.05) is 39.2 Å². The van der Waals surface area contributed by atoms with Crippen LogP contribution in [-0.2, 0) is 9.53 Å². The second-order valence-corrected chi connectivity index (χ2v) is 8.75. The minimum Gasteiger partial charge on any atom is -0.491 e. The van der Waals surface area contributed by atoms with E-state index in [1.165, 1.54) is 18.6 Å². The molecule has 0 bridgehead atoms. The van der Waals surface area contributed by atoms with Crippen LogP contribution in [0.4, 0.5) is 5.69 Å². The van der Waals surface area contributed by atoms with Gasteiger partial charge < -0.3 is 24.6 Å². The van der Waals surface area contributed by atoms with Gasteiger partial charge in [-0.1, -0.05) is 13.8 Å². The van der Waals surface area contributed by atoms with Crippen molar-refractivity contribution in [1.29, 1.82) is 0 Å². The van der Waals surface area contributed by atoms with E-state index in [-0.39, 0.29) is 42.2 Å². The number of nitrogens with one attached hydrogen (secondary N) is 1. The molecule has 0 radical (unpaired) electrons. The van der Waals surface area contributed by atoms with E-state index in [1.54, 1.807) is 37.3 Å². The van der Waals surface area contributed by atoms with Crippen LogP contribution in [0.5, 0.6) is 5.75 Å². The number of benzene rings is 1. The summed E-state index contributed by atoms with van der Waals surface area (Å²) in [5.74, 6) is -0.308. The summed E-state index contributed by atoms with van der Waals surface area (Å²) in [7, 11) is 3.30. The van der Waals surface area contributed by atoms with Crippen LogP contribution < -0.4 is 10.1 Å². The molecule has 1 aromatic carbocycles. The summed E-state index contributed by atoms with van der Waals surface area (Å²) in [6.07, 6.45) is 4.39. The summed E-state index contributed by atoms with van der Waals surface area (Å²) < 4.78 is 11.7. The molecule has 0 saturated heterocycles. The number of rotatable bonds is 4. The van der Waals surface area contributed by atoms with Gasteiger partial charge in [-0.25, -0.2) is 4.98 Å². The van der Waals surface area contributed by atoms with Crippen molar-refractivity contribution in [1.82, 2.24) is 19.8 Å². The number of nitrogens with zero attached hydrogens (tertiary/aromatic N) is 4. The first-order valence-electron chi connectivity index (χ1n) is 11.7. The summed E-state index contributed by atoms with van der Waals surface area (Å²) >= 11 is 0. The average molecular weight is 484 g/mol. The van der Waals surface area contributed by atoms with E-state index in [2.05, 4.69) is 15.3 Å². The topological polar surface area (TPSA) is 114 Å². The van der Waals surface area contributed by atoms with E-state index in [0.717, 1.165) is 0 Å². The Morgan fingerprint density at radius 2 is 2.00 bits per heavy atom. The smallest absolute Gasteiger partial charge is 0.275 e. The van der Waals surface area contributed by atoms with E-state index in [0.29, 0.717) is 36.5 Å². The molecule has 10 nitrogen and oxygen atoms in total. The summed E-state index contributed by atoms with van der Waals surface area (Å²) in [6, 6.07) is 4.68. The Hall–Kier alpha value is -3.53. The predicted octanol–water partition coefficient (Wildman–Crippen LogP) is 2.47. The van der Waals surface area contributed by atoms with Crippen molar-refractivity contribution in [3.05, 3.63) is 48.0 Å². The van der Waals surface area contributed by atoms with Crippen LogP contribution >= 0.6 is 0 Å². The summed E-state index contributed by atoms with van der Waals surface area (Å²) in [4.78, 5) is 49.9. The van der Waals surface area contributed by atoms with Crippen LogP contribution in [0, 0.1) is 5.92 Å². The molecule has 1 aromatic heterocycles. The molecular formula is C25H33N5O5. The molecule has 1 aliphatic heterocycles. The third kappa shape index (κ3) is 6.33. The lowest BCUT2D eigenvalue weighted by Crippen LogP contribution is -2.48. The predicted molar refractivity (Wildman–Crippen MR) is 130 cm³/mol. The monoisotopic (exact) mass is 483 g/mol. The van der Waals surface area contributed by atoms with Crippen LogP contribution in [0.1, 0.15) is 48.0 Å². The summed E-state index contributed by atoms with van der Waals surface area (Å²) in [6.45, 7) is 6.81. The van der Waals surface area contributed by atoms with Gasteiger partial charge in [0, 0.05) is 57.7 Å². The van der Waals surface area contributed by atoms with Crippen LogP contribution in [0.15, 0.2) is 36.8 Å². The minimum absolute atomic E-state index is 0.00954. The normalized spacial score (nSPS) is 21.3. The molecule has 1 N–H and O–H groups in total. The fourth-order valence-electron chi connectivity index (χ4n) is 4.02. The molecule has 10 heteroatoms. The maximum atomic E-state index is 13.4. The highest BCUT2D eigenvalue weighted by Gasteiger charge is 2.30. The van der Waals surface area contributed by atoms with Gasteiger partial charge in [-0.3, -0.25) is 19.4 Å². The van der Waals surface area contributed by atoms with E-state index >= 15 is 0 Å². The molecule has 3 atom stereocenters. The third-order valence-electron chi connectivity index (χ3n) is 6.12. The lowest BCUT2D eigenvalue weighted by molar-refractivity contribution is -0.135. The van der Waals surface area contributed by atoms with Crippen LogP contribution in [-0.4, -0.2) is 83.5 Å². The van der Waals surface area contributed by atoms with Gasteiger partial charge in [-0.05, 0) is 25.1 Å². The molecule has 0 spiro atoms. The fraction of sp³-hybridized carbons (Fsp3) is 0.480. The highest BCUT2D eigenvalue weighted by atomic mass is 16.5. The van der Waals surface area contributed by atoms with Crippen LogP contribution in [0.2, 0.25) is 0 Å². The number of fused-ring (bicyclic) bond motifs is 1. The Balaban J connectivity index is 1.94. The molecule has 188 valence electrons. The zero-order valence-electron chi connectivity index (χ0n) is 20.9. The Morgan fingerprint density at radius 1 is 1.23 bits per heavy atom. The minimum atomic E-state index is -0.441. The van der Waals surface area contributed by atoms with Crippen molar-refractivity contribution in [2.45, 2.75) is 39.3 Å². The van der Waals surface area contributed by atoms with Gasteiger partial charge in [0.25, 0.3) is 11.8 Å². The van der Waals surface area contributed by atoms with Crippen molar-refractivity contribution >= 4 is 23.4 Å². The number of carbonyl (C=O) groups is 3. The molecule has 2 heterocycles. The molecule has 0 fully saturated rings. The molecule has 1 aliphatic rings. The van der Waals surface area contributed by atoms with Gasteiger partial charge in [0.15, 0.2) is 0 Å². The molecule has 2 aromatic rings. The van der Waals surface area contributed by atoms with E-state index in [1.807, 2.05) is 25.7 Å². The van der Waals surface area contributed by atoms with Crippen molar-refractivity contribution in [3.8, 4) is 5.75 Å².